The molecular weight excluding hydrogens is 204 g/mol. The molecule has 96 valence electrons. The Morgan fingerprint density at radius 3 is 2.50 bits per heavy atom. The molecule has 0 saturated carbocycles. The first-order valence-electron chi connectivity index (χ1n) is 6.05. The Kier molecular flexibility index (Phi) is 8.21. The first kappa shape index (κ1) is 15.4. The average Bonchev–Trinajstić information content (AvgIpc) is 2.15. The lowest BCUT2D eigenvalue weighted by molar-refractivity contribution is -0.121. The Morgan fingerprint density at radius 1 is 1.25 bits per heavy atom. The van der Waals surface area contributed by atoms with Crippen molar-refractivity contribution < 1.29 is 9.53 Å². The number of hydrogen-bond donors (Lipinski definition) is 2. The van der Waals surface area contributed by atoms with E-state index in [0.29, 0.717) is 13.0 Å². The van der Waals surface area contributed by atoms with Gasteiger partial charge in [0.1, 0.15) is 0 Å². The Labute approximate surface area is 99.1 Å². The summed E-state index contributed by atoms with van der Waals surface area (Å²) in [6.45, 7) is 11.1. The lowest BCUT2D eigenvalue weighted by Gasteiger charge is -2.20. The van der Waals surface area contributed by atoms with Gasteiger partial charge in [0.05, 0.1) is 0 Å². The van der Waals surface area contributed by atoms with Crippen LogP contribution in [0, 0.1) is 0 Å². The summed E-state index contributed by atoms with van der Waals surface area (Å²) in [6.07, 6.45) is 1.41. The standard InChI is InChI=1S/C12H26N2O2/c1-5-16-10-6-8-13-11(15)7-9-14-12(2,3)4/h14H,5-10H2,1-4H3,(H,13,15). The monoisotopic (exact) mass is 230 g/mol. The van der Waals surface area contributed by atoms with Gasteiger partial charge in [-0.25, -0.2) is 0 Å². The summed E-state index contributed by atoms with van der Waals surface area (Å²) in [7, 11) is 0. The van der Waals surface area contributed by atoms with E-state index < -0.39 is 0 Å². The second-order valence-electron chi connectivity index (χ2n) is 4.83. The SMILES string of the molecule is CCOCCCNC(=O)CCNC(C)(C)C. The van der Waals surface area contributed by atoms with Crippen molar-refractivity contribution in [2.45, 2.75) is 46.1 Å². The van der Waals surface area contributed by atoms with Crippen LogP contribution in [0.4, 0.5) is 0 Å². The molecule has 0 spiro atoms. The number of nitrogens with one attached hydrogen (secondary N) is 2. The van der Waals surface area contributed by atoms with E-state index in [1.54, 1.807) is 0 Å². The van der Waals surface area contributed by atoms with E-state index in [1.165, 1.54) is 0 Å². The Balaban J connectivity index is 3.32. The third kappa shape index (κ3) is 11.5. The van der Waals surface area contributed by atoms with E-state index in [-0.39, 0.29) is 11.4 Å². The zero-order chi connectivity index (χ0) is 12.4. The predicted molar refractivity (Wildman–Crippen MR) is 66.5 cm³/mol. The van der Waals surface area contributed by atoms with Gasteiger partial charge in [0, 0.05) is 38.3 Å². The fourth-order valence-corrected chi connectivity index (χ4v) is 1.19. The molecule has 0 aromatic carbocycles. The van der Waals surface area contributed by atoms with Gasteiger partial charge in [-0.2, -0.15) is 0 Å². The number of ether oxygens (including phenoxy) is 1. The molecule has 0 aliphatic carbocycles. The summed E-state index contributed by atoms with van der Waals surface area (Å²) >= 11 is 0. The van der Waals surface area contributed by atoms with Crippen LogP contribution >= 0.6 is 0 Å². The molecule has 0 atom stereocenters. The van der Waals surface area contributed by atoms with Crippen molar-refractivity contribution in [1.29, 1.82) is 0 Å². The molecule has 0 aliphatic heterocycles. The normalized spacial score (nSPS) is 11.5. The molecule has 0 heterocycles. The molecule has 0 unspecified atom stereocenters. The Morgan fingerprint density at radius 2 is 1.94 bits per heavy atom. The molecule has 0 rings (SSSR count). The van der Waals surface area contributed by atoms with Crippen molar-refractivity contribution in [2.75, 3.05) is 26.3 Å². The number of carbonyl (C=O) groups excluding carboxylic acids is 1. The van der Waals surface area contributed by atoms with E-state index >= 15 is 0 Å². The molecule has 0 aromatic rings. The highest BCUT2D eigenvalue weighted by Gasteiger charge is 2.09. The first-order valence-corrected chi connectivity index (χ1v) is 6.05. The quantitative estimate of drug-likeness (QED) is 0.618. The van der Waals surface area contributed by atoms with Gasteiger partial charge in [-0.1, -0.05) is 0 Å². The summed E-state index contributed by atoms with van der Waals surface area (Å²) in [5.41, 5.74) is 0.0786. The molecular formula is C12H26N2O2. The maximum absolute atomic E-state index is 11.4. The smallest absolute Gasteiger partial charge is 0.221 e. The zero-order valence-corrected chi connectivity index (χ0v) is 11.1. The molecule has 0 aliphatic rings. The molecule has 0 bridgehead atoms. The Bertz CT molecular complexity index is 188. The molecule has 0 fully saturated rings. The molecule has 4 nitrogen and oxygen atoms in total. The summed E-state index contributed by atoms with van der Waals surface area (Å²) in [5, 5.41) is 6.15. The summed E-state index contributed by atoms with van der Waals surface area (Å²) < 4.78 is 5.18. The van der Waals surface area contributed by atoms with Crippen molar-refractivity contribution in [3.8, 4) is 0 Å². The van der Waals surface area contributed by atoms with Gasteiger partial charge in [-0.15, -0.1) is 0 Å². The van der Waals surface area contributed by atoms with Crippen LogP contribution < -0.4 is 10.6 Å². The highest BCUT2D eigenvalue weighted by molar-refractivity contribution is 5.75. The van der Waals surface area contributed by atoms with Gasteiger partial charge in [-0.05, 0) is 34.1 Å². The number of carbonyl (C=O) groups is 1. The highest BCUT2D eigenvalue weighted by atomic mass is 16.5. The van der Waals surface area contributed by atoms with Crippen molar-refractivity contribution in [2.24, 2.45) is 0 Å². The number of hydrogen-bond acceptors (Lipinski definition) is 3. The van der Waals surface area contributed by atoms with Gasteiger partial charge in [-0.3, -0.25) is 4.79 Å². The van der Waals surface area contributed by atoms with Crippen LogP contribution in [-0.4, -0.2) is 37.7 Å². The summed E-state index contributed by atoms with van der Waals surface area (Å²) in [6, 6.07) is 0. The first-order chi connectivity index (χ1) is 7.45. The largest absolute Gasteiger partial charge is 0.382 e. The van der Waals surface area contributed by atoms with Gasteiger partial charge < -0.3 is 15.4 Å². The minimum Gasteiger partial charge on any atom is -0.382 e. The van der Waals surface area contributed by atoms with Gasteiger partial charge in [0.15, 0.2) is 0 Å². The topological polar surface area (TPSA) is 50.4 Å². The van der Waals surface area contributed by atoms with E-state index in [1.807, 2.05) is 6.92 Å². The minimum absolute atomic E-state index is 0.0786. The van der Waals surface area contributed by atoms with Crippen LogP contribution in [-0.2, 0) is 9.53 Å². The number of amides is 1. The van der Waals surface area contributed by atoms with Gasteiger partial charge in [0.2, 0.25) is 5.91 Å². The maximum Gasteiger partial charge on any atom is 0.221 e. The lowest BCUT2D eigenvalue weighted by Crippen LogP contribution is -2.38. The minimum atomic E-state index is 0.0786. The van der Waals surface area contributed by atoms with Crippen LogP contribution in [0.2, 0.25) is 0 Å². The molecule has 0 aromatic heterocycles. The third-order valence-electron chi connectivity index (χ3n) is 2.00. The third-order valence-corrected chi connectivity index (χ3v) is 2.00. The van der Waals surface area contributed by atoms with Crippen molar-refractivity contribution >= 4 is 5.91 Å². The zero-order valence-electron chi connectivity index (χ0n) is 11.1. The van der Waals surface area contributed by atoms with Crippen LogP contribution in [0.1, 0.15) is 40.5 Å². The highest BCUT2D eigenvalue weighted by Crippen LogP contribution is 1.97. The average molecular weight is 230 g/mol. The van der Waals surface area contributed by atoms with Crippen molar-refractivity contribution in [1.82, 2.24) is 10.6 Å². The fourth-order valence-electron chi connectivity index (χ4n) is 1.19. The van der Waals surface area contributed by atoms with Gasteiger partial charge >= 0.3 is 0 Å². The molecule has 2 N–H and O–H groups in total. The molecule has 4 heteroatoms. The lowest BCUT2D eigenvalue weighted by atomic mass is 10.1. The summed E-state index contributed by atoms with van der Waals surface area (Å²) in [5.74, 6) is 0.105. The number of rotatable bonds is 8. The summed E-state index contributed by atoms with van der Waals surface area (Å²) in [4.78, 5) is 11.4. The van der Waals surface area contributed by atoms with Crippen molar-refractivity contribution in [3.63, 3.8) is 0 Å². The fraction of sp³-hybridized carbons (Fsp3) is 0.917. The van der Waals surface area contributed by atoms with Crippen molar-refractivity contribution in [3.05, 3.63) is 0 Å². The Hall–Kier alpha value is -0.610. The molecule has 16 heavy (non-hydrogen) atoms. The predicted octanol–water partition coefficient (Wildman–Crippen LogP) is 1.31. The van der Waals surface area contributed by atoms with Crippen LogP contribution in [0.3, 0.4) is 0 Å². The second-order valence-corrected chi connectivity index (χ2v) is 4.83. The van der Waals surface area contributed by atoms with E-state index in [0.717, 1.165) is 26.2 Å². The van der Waals surface area contributed by atoms with Gasteiger partial charge in [0.25, 0.3) is 0 Å². The maximum atomic E-state index is 11.4. The molecule has 1 amide bonds. The molecule has 0 saturated heterocycles. The van der Waals surface area contributed by atoms with E-state index in [4.69, 9.17) is 4.74 Å². The van der Waals surface area contributed by atoms with Crippen LogP contribution in [0.5, 0.6) is 0 Å². The van der Waals surface area contributed by atoms with E-state index in [2.05, 4.69) is 31.4 Å². The van der Waals surface area contributed by atoms with Crippen LogP contribution in [0.15, 0.2) is 0 Å². The van der Waals surface area contributed by atoms with E-state index in [9.17, 15) is 4.79 Å². The molecule has 0 radical (unpaired) electrons. The van der Waals surface area contributed by atoms with Crippen LogP contribution in [0.25, 0.3) is 0 Å². The second kappa shape index (κ2) is 8.53.